The molecule has 234 valence electrons. The third kappa shape index (κ3) is 5.04. The van der Waals surface area contributed by atoms with Crippen LogP contribution < -0.4 is 11.1 Å². The molecule has 0 saturated heterocycles. The van der Waals surface area contributed by atoms with Crippen LogP contribution in [0.2, 0.25) is 0 Å². The smallest absolute Gasteiger partial charge is 0.390 e. The van der Waals surface area contributed by atoms with Crippen molar-refractivity contribution in [3.63, 3.8) is 0 Å². The van der Waals surface area contributed by atoms with Crippen LogP contribution in [-0.2, 0) is 27.3 Å². The Kier molecular flexibility index (Phi) is 7.85. The van der Waals surface area contributed by atoms with Crippen molar-refractivity contribution >= 4 is 23.2 Å². The first-order valence-electron chi connectivity index (χ1n) is 13.9. The number of primary amides is 1. The molecule has 2 aromatic rings. The third-order valence-corrected chi connectivity index (χ3v) is 8.78. The van der Waals surface area contributed by atoms with Gasteiger partial charge in [0.2, 0.25) is 5.78 Å². The van der Waals surface area contributed by atoms with Crippen LogP contribution in [0.1, 0.15) is 29.5 Å². The molecular weight excluding hydrogens is 583 g/mol. The van der Waals surface area contributed by atoms with Crippen LogP contribution in [0.5, 0.6) is 5.75 Å². The fraction of sp³-hybridized carbons (Fsp3) is 0.387. The summed E-state index contributed by atoms with van der Waals surface area (Å²) in [7, 11) is 3.05. The molecule has 1 fully saturated rings. The summed E-state index contributed by atoms with van der Waals surface area (Å²) in [5, 5.41) is 47.6. The second kappa shape index (κ2) is 11.1. The Morgan fingerprint density at radius 1 is 1.09 bits per heavy atom. The lowest BCUT2D eigenvalue weighted by molar-refractivity contribution is -0.153. The molecule has 1 saturated carbocycles. The highest BCUT2D eigenvalue weighted by Crippen LogP contribution is 2.53. The highest BCUT2D eigenvalue weighted by molar-refractivity contribution is 6.24. The number of phenols is 1. The van der Waals surface area contributed by atoms with Crippen molar-refractivity contribution in [3.05, 3.63) is 70.0 Å². The summed E-state index contributed by atoms with van der Waals surface area (Å²) in [6.45, 7) is -0.00544. The van der Waals surface area contributed by atoms with E-state index in [4.69, 9.17) is 5.73 Å². The molecule has 13 heteroatoms. The fourth-order valence-corrected chi connectivity index (χ4v) is 6.78. The van der Waals surface area contributed by atoms with Gasteiger partial charge in [-0.25, -0.2) is 0 Å². The van der Waals surface area contributed by atoms with Crippen molar-refractivity contribution in [2.75, 3.05) is 20.6 Å². The van der Waals surface area contributed by atoms with Crippen molar-refractivity contribution in [3.8, 4) is 16.9 Å². The highest BCUT2D eigenvalue weighted by atomic mass is 19.4. The zero-order chi connectivity index (χ0) is 32.3. The Hall–Kier alpha value is -4.20. The number of nitrogens with zero attached hydrogens (tertiary/aromatic N) is 1. The van der Waals surface area contributed by atoms with Gasteiger partial charge in [0, 0.05) is 24.6 Å². The number of aliphatic hydroxyl groups is 3. The Bertz CT molecular complexity index is 1610. The number of rotatable bonds is 7. The maximum absolute atomic E-state index is 14.0. The van der Waals surface area contributed by atoms with Gasteiger partial charge in [0.1, 0.15) is 22.8 Å². The molecule has 7 N–H and O–H groups in total. The van der Waals surface area contributed by atoms with Crippen LogP contribution in [0.25, 0.3) is 16.9 Å². The maximum atomic E-state index is 14.0. The van der Waals surface area contributed by atoms with Crippen LogP contribution in [0.15, 0.2) is 53.3 Å². The number of halogens is 3. The number of carbonyl (C=O) groups excluding carboxylic acids is 3. The molecule has 2 aromatic carbocycles. The van der Waals surface area contributed by atoms with E-state index < -0.39 is 70.6 Å². The maximum Gasteiger partial charge on any atom is 0.390 e. The summed E-state index contributed by atoms with van der Waals surface area (Å²) in [5.41, 5.74) is 4.02. The third-order valence-electron chi connectivity index (χ3n) is 8.78. The molecular formula is C31H32F3N3O7. The van der Waals surface area contributed by atoms with Gasteiger partial charge in [-0.05, 0) is 61.2 Å². The Morgan fingerprint density at radius 2 is 1.75 bits per heavy atom. The van der Waals surface area contributed by atoms with Crippen molar-refractivity contribution in [2.24, 2.45) is 17.6 Å². The zero-order valence-corrected chi connectivity index (χ0v) is 23.9. The van der Waals surface area contributed by atoms with E-state index in [-0.39, 0.29) is 42.8 Å². The number of phenolic OH excluding ortho intramolecular Hbond substituents is 1. The van der Waals surface area contributed by atoms with Crippen molar-refractivity contribution in [2.45, 2.75) is 43.6 Å². The van der Waals surface area contributed by atoms with Crippen LogP contribution in [0.4, 0.5) is 13.2 Å². The largest absolute Gasteiger partial charge is 0.508 e. The van der Waals surface area contributed by atoms with Crippen molar-refractivity contribution in [1.29, 1.82) is 0 Å². The van der Waals surface area contributed by atoms with Crippen LogP contribution >= 0.6 is 0 Å². The summed E-state index contributed by atoms with van der Waals surface area (Å²) in [6, 6.07) is 8.79. The van der Waals surface area contributed by atoms with Gasteiger partial charge in [-0.1, -0.05) is 30.3 Å². The fourth-order valence-electron chi connectivity index (χ4n) is 6.78. The highest BCUT2D eigenvalue weighted by Gasteiger charge is 2.64. The normalized spacial score (nSPS) is 25.2. The van der Waals surface area contributed by atoms with E-state index in [1.807, 2.05) is 0 Å². The Labute approximate surface area is 250 Å². The molecule has 0 spiro atoms. The first-order chi connectivity index (χ1) is 20.6. The standard InChI is InChI=1S/C31H32F3N3O7/c1-37(2)24-19-12-16-11-18-17(15-5-3-14(4-6-15)13-36-10-9-30(32,33)34)7-8-20(38)22(18)25(39)21(16)27(41)31(19,44)28(42)23(26(24)40)29(35)43/h3-8,16,19,24,36,38-39,42,44H,9-13H2,1-2H3,(H2,35,43)/t16-,19-,24?,31-/m0/s1. The summed E-state index contributed by atoms with van der Waals surface area (Å²) in [4.78, 5) is 40.8. The molecule has 1 unspecified atom stereocenters. The number of nitrogens with two attached hydrogens (primary N) is 1. The quantitative estimate of drug-likeness (QED) is 0.202. The average molecular weight is 616 g/mol. The molecule has 0 heterocycles. The number of aliphatic hydroxyl groups excluding tert-OH is 2. The molecule has 0 aromatic heterocycles. The lowest BCUT2D eigenvalue weighted by Crippen LogP contribution is -2.65. The van der Waals surface area contributed by atoms with Crippen molar-refractivity contribution < 1.29 is 48.0 Å². The number of Topliss-reactive ketones (excluding diaryl/α,β-unsaturated/α-hetero) is 2. The second-order valence-corrected chi connectivity index (χ2v) is 11.7. The Balaban J connectivity index is 1.54. The van der Waals surface area contributed by atoms with Gasteiger partial charge >= 0.3 is 6.18 Å². The lowest BCUT2D eigenvalue weighted by atomic mass is 9.57. The molecule has 0 aliphatic heterocycles. The number of aromatic hydroxyl groups is 1. The number of hydrogen-bond donors (Lipinski definition) is 6. The SMILES string of the molecule is CN(C)C1C(=O)C(C(N)=O)=C(O)[C@@]2(O)C(=O)C3=C(O)c4c(O)ccc(-c5ccc(CNCCC(F)(F)F)cc5)c4C[C@H]3C[C@@H]12. The van der Waals surface area contributed by atoms with Gasteiger partial charge in [-0.3, -0.25) is 19.3 Å². The number of likely N-dealkylation sites (N-methyl/N-ethyl adjacent to an activating group) is 1. The number of alkyl halides is 3. The number of hydrogen-bond acceptors (Lipinski definition) is 9. The van der Waals surface area contributed by atoms with E-state index in [2.05, 4.69) is 5.32 Å². The van der Waals surface area contributed by atoms with Gasteiger partial charge < -0.3 is 31.5 Å². The van der Waals surface area contributed by atoms with Gasteiger partial charge in [-0.2, -0.15) is 13.2 Å². The topological polar surface area (TPSA) is 173 Å². The second-order valence-electron chi connectivity index (χ2n) is 11.7. The predicted molar refractivity (Wildman–Crippen MR) is 152 cm³/mol. The first kappa shape index (κ1) is 31.2. The lowest BCUT2D eigenvalue weighted by Gasteiger charge is -2.50. The number of ketones is 2. The van der Waals surface area contributed by atoms with Crippen LogP contribution in [0.3, 0.4) is 0 Å². The van der Waals surface area contributed by atoms with Gasteiger partial charge in [-0.15, -0.1) is 0 Å². The molecule has 1 amide bonds. The number of benzene rings is 2. The number of nitrogens with one attached hydrogen (secondary N) is 1. The summed E-state index contributed by atoms with van der Waals surface area (Å²) in [6.07, 6.45) is -5.11. The number of carbonyl (C=O) groups is 3. The zero-order valence-electron chi connectivity index (χ0n) is 23.9. The minimum absolute atomic E-state index is 0.0308. The van der Waals surface area contributed by atoms with Crippen molar-refractivity contribution in [1.82, 2.24) is 10.2 Å². The van der Waals surface area contributed by atoms with E-state index in [0.717, 1.165) is 5.56 Å². The minimum Gasteiger partial charge on any atom is -0.508 e. The monoisotopic (exact) mass is 615 g/mol. The molecule has 5 rings (SSSR count). The predicted octanol–water partition coefficient (Wildman–Crippen LogP) is 2.67. The summed E-state index contributed by atoms with van der Waals surface area (Å²) in [5.74, 6) is -7.22. The molecule has 3 aliphatic carbocycles. The van der Waals surface area contributed by atoms with Gasteiger partial charge in [0.15, 0.2) is 11.4 Å². The molecule has 44 heavy (non-hydrogen) atoms. The molecule has 3 aliphatic rings. The van der Waals surface area contributed by atoms with E-state index >= 15 is 0 Å². The molecule has 0 bridgehead atoms. The van der Waals surface area contributed by atoms with E-state index in [0.29, 0.717) is 16.7 Å². The van der Waals surface area contributed by atoms with E-state index in [1.165, 1.54) is 25.1 Å². The summed E-state index contributed by atoms with van der Waals surface area (Å²) < 4.78 is 37.3. The number of amides is 1. The van der Waals surface area contributed by atoms with Crippen LogP contribution in [0, 0.1) is 11.8 Å². The van der Waals surface area contributed by atoms with E-state index in [1.54, 1.807) is 30.3 Å². The van der Waals surface area contributed by atoms with Gasteiger partial charge in [0.05, 0.1) is 18.0 Å². The summed E-state index contributed by atoms with van der Waals surface area (Å²) >= 11 is 0. The van der Waals surface area contributed by atoms with Crippen LogP contribution in [-0.4, -0.2) is 81.3 Å². The van der Waals surface area contributed by atoms with Gasteiger partial charge in [0.25, 0.3) is 5.91 Å². The average Bonchev–Trinajstić information content (AvgIpc) is 2.93. The molecule has 10 nitrogen and oxygen atoms in total. The molecule has 0 radical (unpaired) electrons. The number of fused-ring (bicyclic) bond motifs is 3. The first-order valence-corrected chi connectivity index (χ1v) is 13.9. The van der Waals surface area contributed by atoms with E-state index in [9.17, 15) is 48.0 Å². The minimum atomic E-state index is -4.25. The molecule has 4 atom stereocenters. The Morgan fingerprint density at radius 3 is 2.34 bits per heavy atom.